The van der Waals surface area contributed by atoms with Crippen LogP contribution >= 0.6 is 0 Å². The Labute approximate surface area is 193 Å². The van der Waals surface area contributed by atoms with Crippen molar-refractivity contribution in [1.29, 1.82) is 0 Å². The molecule has 168 valence electrons. The number of ether oxygens (including phenoxy) is 2. The molecule has 33 heavy (non-hydrogen) atoms. The van der Waals surface area contributed by atoms with E-state index in [1.807, 2.05) is 81.4 Å². The maximum Gasteiger partial charge on any atom is 0.248 e. The molecule has 4 rings (SSSR count). The number of furan rings is 1. The molecule has 4 aromatic rings. The van der Waals surface area contributed by atoms with Crippen LogP contribution in [0.4, 0.5) is 5.69 Å². The summed E-state index contributed by atoms with van der Waals surface area (Å²) < 4.78 is 17.0. The van der Waals surface area contributed by atoms with Gasteiger partial charge in [0.05, 0.1) is 20.0 Å². The number of carbonyl (C=O) groups excluding carboxylic acids is 1. The van der Waals surface area contributed by atoms with Gasteiger partial charge in [0.1, 0.15) is 17.1 Å². The van der Waals surface area contributed by atoms with E-state index in [1.54, 1.807) is 19.4 Å². The molecule has 1 amide bonds. The number of benzene rings is 3. The van der Waals surface area contributed by atoms with Gasteiger partial charge in [-0.1, -0.05) is 30.3 Å². The van der Waals surface area contributed by atoms with Crippen molar-refractivity contribution in [2.75, 3.05) is 19.0 Å². The van der Waals surface area contributed by atoms with Crippen molar-refractivity contribution in [1.82, 2.24) is 0 Å². The highest BCUT2D eigenvalue weighted by Crippen LogP contribution is 2.38. The number of fused-ring (bicyclic) bond motifs is 1. The number of anilines is 1. The lowest BCUT2D eigenvalue weighted by molar-refractivity contribution is -0.111. The SMILES string of the molecule is CCOc1cc2occ(-c3ccc(OC)cc3)c2cc1/C(C)=C/C(=O)Nc1ccccc1C. The fourth-order valence-electron chi connectivity index (χ4n) is 3.79. The first-order valence-corrected chi connectivity index (χ1v) is 10.9. The summed E-state index contributed by atoms with van der Waals surface area (Å²) in [5.74, 6) is 1.29. The van der Waals surface area contributed by atoms with Crippen molar-refractivity contribution in [3.05, 3.63) is 84.1 Å². The first-order chi connectivity index (χ1) is 16.0. The molecule has 0 unspecified atom stereocenters. The highest BCUT2D eigenvalue weighted by Gasteiger charge is 2.15. The zero-order valence-electron chi connectivity index (χ0n) is 19.3. The molecule has 0 radical (unpaired) electrons. The number of aryl methyl sites for hydroxylation is 1. The Kier molecular flexibility index (Phi) is 6.50. The zero-order chi connectivity index (χ0) is 23.4. The minimum Gasteiger partial charge on any atom is -0.497 e. The number of hydrogen-bond donors (Lipinski definition) is 1. The largest absolute Gasteiger partial charge is 0.497 e. The van der Waals surface area contributed by atoms with E-state index in [2.05, 4.69) is 5.32 Å². The number of amides is 1. The lowest BCUT2D eigenvalue weighted by atomic mass is 9.99. The fraction of sp³-hybridized carbons (Fsp3) is 0.179. The second kappa shape index (κ2) is 9.65. The van der Waals surface area contributed by atoms with Gasteiger partial charge in [-0.3, -0.25) is 4.79 Å². The Morgan fingerprint density at radius 3 is 2.55 bits per heavy atom. The summed E-state index contributed by atoms with van der Waals surface area (Å²) in [4.78, 5) is 12.7. The summed E-state index contributed by atoms with van der Waals surface area (Å²) in [5.41, 5.74) is 6.16. The van der Waals surface area contributed by atoms with Gasteiger partial charge in [0.15, 0.2) is 0 Å². The molecule has 0 atom stereocenters. The Balaban J connectivity index is 1.72. The van der Waals surface area contributed by atoms with Gasteiger partial charge in [-0.05, 0) is 61.7 Å². The first kappa shape index (κ1) is 22.2. The van der Waals surface area contributed by atoms with Crippen LogP contribution in [0.15, 0.2) is 77.4 Å². The number of methoxy groups -OCH3 is 1. The molecule has 3 aromatic carbocycles. The van der Waals surface area contributed by atoms with Gasteiger partial charge < -0.3 is 19.2 Å². The second-order valence-electron chi connectivity index (χ2n) is 7.79. The van der Waals surface area contributed by atoms with Crippen LogP contribution in [0.1, 0.15) is 25.0 Å². The minimum atomic E-state index is -0.188. The molecule has 0 spiro atoms. The molecule has 0 fully saturated rings. The highest BCUT2D eigenvalue weighted by atomic mass is 16.5. The van der Waals surface area contributed by atoms with Crippen molar-refractivity contribution in [2.24, 2.45) is 0 Å². The maximum absolute atomic E-state index is 12.7. The van der Waals surface area contributed by atoms with Gasteiger partial charge in [0.2, 0.25) is 5.91 Å². The van der Waals surface area contributed by atoms with Crippen molar-refractivity contribution in [2.45, 2.75) is 20.8 Å². The number of allylic oxidation sites excluding steroid dienone is 1. The third-order valence-corrected chi connectivity index (χ3v) is 5.55. The molecule has 1 N–H and O–H groups in total. The quantitative estimate of drug-likeness (QED) is 0.318. The number of rotatable bonds is 7. The smallest absolute Gasteiger partial charge is 0.248 e. The van der Waals surface area contributed by atoms with Crippen molar-refractivity contribution >= 4 is 28.1 Å². The predicted octanol–water partition coefficient (Wildman–Crippen LogP) is 6.86. The Morgan fingerprint density at radius 2 is 1.85 bits per heavy atom. The molecule has 0 aliphatic rings. The van der Waals surface area contributed by atoms with E-state index in [1.165, 1.54) is 0 Å². The summed E-state index contributed by atoms with van der Waals surface area (Å²) >= 11 is 0. The third-order valence-electron chi connectivity index (χ3n) is 5.55. The van der Waals surface area contributed by atoms with Crippen molar-refractivity contribution < 1.29 is 18.7 Å². The Morgan fingerprint density at radius 1 is 1.09 bits per heavy atom. The standard InChI is InChI=1S/C28H27NO4/c1-5-32-26-16-27-23(24(17-33-27)20-10-12-21(31-4)13-11-20)15-22(26)19(3)14-28(30)29-25-9-7-6-8-18(25)2/h6-17H,5H2,1-4H3,(H,29,30)/b19-14+. The monoisotopic (exact) mass is 441 g/mol. The number of hydrogen-bond acceptors (Lipinski definition) is 4. The lowest BCUT2D eigenvalue weighted by Crippen LogP contribution is -2.09. The number of carbonyl (C=O) groups is 1. The van der Waals surface area contributed by atoms with Crippen LogP contribution in [0, 0.1) is 6.92 Å². The Bertz CT molecular complexity index is 1320. The van der Waals surface area contributed by atoms with Crippen LogP contribution in [0.25, 0.3) is 27.7 Å². The van der Waals surface area contributed by atoms with Crippen LogP contribution in [-0.2, 0) is 4.79 Å². The summed E-state index contributed by atoms with van der Waals surface area (Å²) in [7, 11) is 1.65. The molecule has 0 bridgehead atoms. The lowest BCUT2D eigenvalue weighted by Gasteiger charge is -2.12. The number of para-hydroxylation sites is 1. The fourth-order valence-corrected chi connectivity index (χ4v) is 3.79. The summed E-state index contributed by atoms with van der Waals surface area (Å²) in [5, 5.41) is 3.91. The molecule has 0 aliphatic carbocycles. The molecule has 5 heteroatoms. The summed E-state index contributed by atoms with van der Waals surface area (Å²) in [6.45, 7) is 6.32. The van der Waals surface area contributed by atoms with Crippen LogP contribution in [0.5, 0.6) is 11.5 Å². The maximum atomic E-state index is 12.7. The van der Waals surface area contributed by atoms with E-state index in [4.69, 9.17) is 13.9 Å². The molecule has 5 nitrogen and oxygen atoms in total. The summed E-state index contributed by atoms with van der Waals surface area (Å²) in [6.07, 6.45) is 3.35. The van der Waals surface area contributed by atoms with Crippen molar-refractivity contribution in [3.8, 4) is 22.6 Å². The molecule has 0 saturated carbocycles. The van der Waals surface area contributed by atoms with Gasteiger partial charge in [0.25, 0.3) is 0 Å². The van der Waals surface area contributed by atoms with Crippen molar-refractivity contribution in [3.63, 3.8) is 0 Å². The van der Waals surface area contributed by atoms with Gasteiger partial charge in [-0.15, -0.1) is 0 Å². The number of nitrogens with one attached hydrogen (secondary N) is 1. The zero-order valence-corrected chi connectivity index (χ0v) is 19.3. The Hall–Kier alpha value is -3.99. The van der Waals surface area contributed by atoms with E-state index < -0.39 is 0 Å². The van der Waals surface area contributed by atoms with Crippen LogP contribution < -0.4 is 14.8 Å². The second-order valence-corrected chi connectivity index (χ2v) is 7.79. The van der Waals surface area contributed by atoms with Crippen LogP contribution in [0.2, 0.25) is 0 Å². The minimum absolute atomic E-state index is 0.188. The van der Waals surface area contributed by atoms with Gasteiger partial charge >= 0.3 is 0 Å². The van der Waals surface area contributed by atoms with Gasteiger partial charge in [0, 0.05) is 34.3 Å². The van der Waals surface area contributed by atoms with Crippen LogP contribution in [-0.4, -0.2) is 19.6 Å². The average molecular weight is 442 g/mol. The molecule has 0 aliphatic heterocycles. The van der Waals surface area contributed by atoms with E-state index in [0.717, 1.165) is 50.2 Å². The predicted molar refractivity (Wildman–Crippen MR) is 133 cm³/mol. The molecular formula is C28H27NO4. The van der Waals surface area contributed by atoms with E-state index in [9.17, 15) is 4.79 Å². The molecule has 0 saturated heterocycles. The molecule has 1 aromatic heterocycles. The summed E-state index contributed by atoms with van der Waals surface area (Å²) in [6, 6.07) is 19.5. The van der Waals surface area contributed by atoms with Gasteiger partial charge in [-0.25, -0.2) is 0 Å². The first-order valence-electron chi connectivity index (χ1n) is 10.9. The topological polar surface area (TPSA) is 60.7 Å². The van der Waals surface area contributed by atoms with E-state index in [-0.39, 0.29) is 5.91 Å². The van der Waals surface area contributed by atoms with Gasteiger partial charge in [-0.2, -0.15) is 0 Å². The average Bonchev–Trinajstić information content (AvgIpc) is 3.23. The third kappa shape index (κ3) is 4.77. The highest BCUT2D eigenvalue weighted by molar-refractivity contribution is 6.05. The van der Waals surface area contributed by atoms with E-state index in [0.29, 0.717) is 12.4 Å². The normalized spacial score (nSPS) is 11.5. The molecular weight excluding hydrogens is 414 g/mol. The van der Waals surface area contributed by atoms with E-state index >= 15 is 0 Å². The molecule has 1 heterocycles. The van der Waals surface area contributed by atoms with Crippen LogP contribution in [0.3, 0.4) is 0 Å².